The van der Waals surface area contributed by atoms with E-state index in [1.54, 1.807) is 11.6 Å². The number of ether oxygens (including phenoxy) is 2. The highest BCUT2D eigenvalue weighted by molar-refractivity contribution is 7.89. The Labute approximate surface area is 208 Å². The van der Waals surface area contributed by atoms with Gasteiger partial charge in [-0.2, -0.15) is 0 Å². The van der Waals surface area contributed by atoms with Crippen LogP contribution >= 0.6 is 23.2 Å². The quantitative estimate of drug-likeness (QED) is 0.473. The molecule has 0 saturated carbocycles. The van der Waals surface area contributed by atoms with Crippen LogP contribution in [0.5, 0.6) is 11.5 Å². The van der Waals surface area contributed by atoms with Crippen LogP contribution in [0.1, 0.15) is 30.1 Å². The summed E-state index contributed by atoms with van der Waals surface area (Å²) in [6.07, 6.45) is -3.27. The minimum atomic E-state index is -4.88. The van der Waals surface area contributed by atoms with Gasteiger partial charge in [0.2, 0.25) is 10.0 Å². The van der Waals surface area contributed by atoms with Crippen LogP contribution in [0.3, 0.4) is 0 Å². The Balaban J connectivity index is 1.77. The van der Waals surface area contributed by atoms with Gasteiger partial charge < -0.3 is 14.4 Å². The van der Waals surface area contributed by atoms with Crippen molar-refractivity contribution >= 4 is 44.8 Å². The van der Waals surface area contributed by atoms with Gasteiger partial charge in [-0.25, -0.2) is 17.5 Å². The number of carbonyl (C=O) groups is 1. The van der Waals surface area contributed by atoms with Crippen molar-refractivity contribution in [2.24, 2.45) is 0 Å². The number of benzene rings is 2. The van der Waals surface area contributed by atoms with Crippen LogP contribution in [0.25, 0.3) is 0 Å². The van der Waals surface area contributed by atoms with Gasteiger partial charge in [-0.1, -0.05) is 23.2 Å². The van der Waals surface area contributed by atoms with Gasteiger partial charge in [0, 0.05) is 18.3 Å². The summed E-state index contributed by atoms with van der Waals surface area (Å²) in [6.45, 7) is 2.28. The molecule has 1 N–H and O–H groups in total. The number of halogens is 6. The van der Waals surface area contributed by atoms with E-state index >= 15 is 0 Å². The molecule has 35 heavy (non-hydrogen) atoms. The van der Waals surface area contributed by atoms with E-state index in [1.807, 2.05) is 4.90 Å². The van der Waals surface area contributed by atoms with Gasteiger partial charge in [-0.05, 0) is 44.0 Å². The van der Waals surface area contributed by atoms with Gasteiger partial charge in [0.15, 0.2) is 0 Å². The first-order valence-electron chi connectivity index (χ1n) is 10.1. The Morgan fingerprint density at radius 3 is 2.43 bits per heavy atom. The lowest BCUT2D eigenvalue weighted by Crippen LogP contribution is -2.40. The van der Waals surface area contributed by atoms with Gasteiger partial charge >= 0.3 is 6.36 Å². The van der Waals surface area contributed by atoms with E-state index in [9.17, 15) is 30.8 Å². The molecule has 0 radical (unpaired) electrons. The summed E-state index contributed by atoms with van der Waals surface area (Å²) in [5, 5.41) is -0.328. The lowest BCUT2D eigenvalue weighted by Gasteiger charge is -2.32. The van der Waals surface area contributed by atoms with E-state index in [1.165, 1.54) is 12.1 Å². The topological polar surface area (TPSA) is 84.9 Å². The standard InChI is InChI=1S/C21H20Cl2F4N2O5S/c1-11(33-19-10-16(24)13(9-15(19)23)20(30)28-35(2,31)32)17-4-3-7-29(17)12-5-6-18(14(22)8-12)34-21(25,26)27/h5-6,8-11,17H,3-4,7H2,1-2H3,(H,28,30). The molecule has 2 aromatic carbocycles. The molecule has 0 spiro atoms. The number of alkyl halides is 3. The molecule has 1 heterocycles. The fourth-order valence-electron chi connectivity index (χ4n) is 3.77. The van der Waals surface area contributed by atoms with Crippen molar-refractivity contribution in [1.82, 2.24) is 4.72 Å². The molecule has 2 aromatic rings. The molecule has 3 rings (SSSR count). The SMILES string of the molecule is CC(Oc1cc(F)c(C(=O)NS(C)(=O)=O)cc1Cl)C1CCCN1c1ccc(OC(F)(F)F)c(Cl)c1. The molecule has 0 aromatic heterocycles. The highest BCUT2D eigenvalue weighted by atomic mass is 35.5. The normalized spacial score (nSPS) is 17.3. The monoisotopic (exact) mass is 558 g/mol. The van der Waals surface area contributed by atoms with Crippen LogP contribution < -0.4 is 19.1 Å². The molecule has 7 nitrogen and oxygen atoms in total. The highest BCUT2D eigenvalue weighted by Gasteiger charge is 2.34. The molecule has 1 aliphatic rings. The van der Waals surface area contributed by atoms with Crippen molar-refractivity contribution < 1.29 is 40.2 Å². The van der Waals surface area contributed by atoms with Crippen LogP contribution in [0.4, 0.5) is 23.2 Å². The zero-order chi connectivity index (χ0) is 26.1. The number of carbonyl (C=O) groups excluding carboxylic acids is 1. The minimum absolute atomic E-state index is 0.0635. The van der Waals surface area contributed by atoms with Gasteiger partial charge in [0.1, 0.15) is 23.4 Å². The summed E-state index contributed by atoms with van der Waals surface area (Å²) in [5.74, 6) is -2.80. The number of nitrogens with one attached hydrogen (secondary N) is 1. The maximum atomic E-state index is 14.5. The third-order valence-electron chi connectivity index (χ3n) is 5.17. The fourth-order valence-corrected chi connectivity index (χ4v) is 4.64. The molecule has 0 bridgehead atoms. The molecular formula is C21H20Cl2F4N2O5S. The summed E-state index contributed by atoms with van der Waals surface area (Å²) in [7, 11) is -3.91. The smallest absolute Gasteiger partial charge is 0.487 e. The first-order chi connectivity index (χ1) is 16.1. The number of amides is 1. The summed E-state index contributed by atoms with van der Waals surface area (Å²) < 4.78 is 85.9. The summed E-state index contributed by atoms with van der Waals surface area (Å²) >= 11 is 12.1. The molecule has 1 amide bonds. The maximum absolute atomic E-state index is 14.5. The average molecular weight is 559 g/mol. The van der Waals surface area contributed by atoms with Crippen LogP contribution in [0, 0.1) is 5.82 Å². The molecular weight excluding hydrogens is 539 g/mol. The van der Waals surface area contributed by atoms with Crippen LogP contribution in [-0.2, 0) is 10.0 Å². The van der Waals surface area contributed by atoms with E-state index < -0.39 is 45.5 Å². The van der Waals surface area contributed by atoms with Gasteiger partial charge in [-0.3, -0.25) is 4.79 Å². The first kappa shape index (κ1) is 27.2. The van der Waals surface area contributed by atoms with Gasteiger partial charge in [0.25, 0.3) is 5.91 Å². The Kier molecular flexibility index (Phi) is 7.97. The fraction of sp³-hybridized carbons (Fsp3) is 0.381. The van der Waals surface area contributed by atoms with E-state index in [2.05, 4.69) is 4.74 Å². The molecule has 192 valence electrons. The number of sulfonamides is 1. The number of nitrogens with zero attached hydrogens (tertiary/aromatic N) is 1. The lowest BCUT2D eigenvalue weighted by molar-refractivity contribution is -0.274. The Bertz CT molecular complexity index is 1230. The van der Waals surface area contributed by atoms with Crippen LogP contribution in [0.2, 0.25) is 10.0 Å². The van der Waals surface area contributed by atoms with E-state index in [-0.39, 0.29) is 21.8 Å². The Morgan fingerprint density at radius 2 is 1.83 bits per heavy atom. The number of hydrogen-bond acceptors (Lipinski definition) is 6. The first-order valence-corrected chi connectivity index (χ1v) is 12.8. The van der Waals surface area contributed by atoms with Crippen molar-refractivity contribution in [2.45, 2.75) is 38.3 Å². The summed E-state index contributed by atoms with van der Waals surface area (Å²) in [5.41, 5.74) is -0.0220. The second-order valence-corrected chi connectivity index (χ2v) is 10.4. The molecule has 14 heteroatoms. The summed E-state index contributed by atoms with van der Waals surface area (Å²) in [4.78, 5) is 13.9. The van der Waals surface area contributed by atoms with E-state index in [4.69, 9.17) is 27.9 Å². The van der Waals surface area contributed by atoms with Crippen LogP contribution in [-0.4, -0.2) is 45.6 Å². The van der Waals surface area contributed by atoms with E-state index in [0.29, 0.717) is 18.7 Å². The van der Waals surface area contributed by atoms with Gasteiger partial charge in [-0.15, -0.1) is 13.2 Å². The second-order valence-electron chi connectivity index (χ2n) is 7.85. The molecule has 2 unspecified atom stereocenters. The molecule has 1 saturated heterocycles. The Morgan fingerprint density at radius 1 is 1.17 bits per heavy atom. The number of anilines is 1. The van der Waals surface area contributed by atoms with Gasteiger partial charge in [0.05, 0.1) is 27.9 Å². The molecule has 1 aliphatic heterocycles. The van der Waals surface area contributed by atoms with Crippen molar-refractivity contribution in [3.63, 3.8) is 0 Å². The van der Waals surface area contributed by atoms with Crippen molar-refractivity contribution in [2.75, 3.05) is 17.7 Å². The molecule has 0 aliphatic carbocycles. The zero-order valence-corrected chi connectivity index (χ0v) is 20.7. The van der Waals surface area contributed by atoms with Crippen molar-refractivity contribution in [3.8, 4) is 11.5 Å². The van der Waals surface area contributed by atoms with Crippen molar-refractivity contribution in [3.05, 3.63) is 51.8 Å². The second kappa shape index (κ2) is 10.3. The Hall–Kier alpha value is -2.44. The number of hydrogen-bond donors (Lipinski definition) is 1. The maximum Gasteiger partial charge on any atom is 0.573 e. The molecule has 2 atom stereocenters. The average Bonchev–Trinajstić information content (AvgIpc) is 3.19. The largest absolute Gasteiger partial charge is 0.573 e. The summed E-state index contributed by atoms with van der Waals surface area (Å²) in [6, 6.07) is 5.52. The highest BCUT2D eigenvalue weighted by Crippen LogP contribution is 2.37. The predicted octanol–water partition coefficient (Wildman–Crippen LogP) is 5.16. The van der Waals surface area contributed by atoms with E-state index in [0.717, 1.165) is 30.9 Å². The third kappa shape index (κ3) is 7.05. The lowest BCUT2D eigenvalue weighted by atomic mass is 10.1. The zero-order valence-electron chi connectivity index (χ0n) is 18.3. The van der Waals surface area contributed by atoms with Crippen molar-refractivity contribution in [1.29, 1.82) is 0 Å². The molecule has 1 fully saturated rings. The minimum Gasteiger partial charge on any atom is -0.487 e. The number of rotatable bonds is 7. The predicted molar refractivity (Wildman–Crippen MR) is 122 cm³/mol. The van der Waals surface area contributed by atoms with Crippen LogP contribution in [0.15, 0.2) is 30.3 Å². The third-order valence-corrected chi connectivity index (χ3v) is 6.32.